The van der Waals surface area contributed by atoms with Gasteiger partial charge in [0.15, 0.2) is 0 Å². The van der Waals surface area contributed by atoms with Crippen molar-refractivity contribution in [2.24, 2.45) is 0 Å². The Morgan fingerprint density at radius 3 is 2.74 bits per heavy atom. The van der Waals surface area contributed by atoms with E-state index in [1.807, 2.05) is 0 Å². The van der Waals surface area contributed by atoms with Crippen molar-refractivity contribution in [1.82, 2.24) is 9.78 Å². The lowest BCUT2D eigenvalue weighted by Crippen LogP contribution is -2.22. The summed E-state index contributed by atoms with van der Waals surface area (Å²) in [4.78, 5) is 21.3. The van der Waals surface area contributed by atoms with Gasteiger partial charge in [-0.2, -0.15) is 9.49 Å². The Morgan fingerprint density at radius 1 is 1.42 bits per heavy atom. The van der Waals surface area contributed by atoms with Gasteiger partial charge in [-0.1, -0.05) is 6.07 Å². The van der Waals surface area contributed by atoms with E-state index in [4.69, 9.17) is 0 Å². The molecule has 0 bridgehead atoms. The maximum absolute atomic E-state index is 13.4. The third-order valence-corrected chi connectivity index (χ3v) is 2.55. The third-order valence-electron chi connectivity index (χ3n) is 2.55. The van der Waals surface area contributed by atoms with Gasteiger partial charge in [0.1, 0.15) is 0 Å². The molecular weight excluding hydrogens is 253 g/mol. The van der Waals surface area contributed by atoms with E-state index in [1.165, 1.54) is 18.3 Å². The lowest BCUT2D eigenvalue weighted by atomic mass is 10.2. The fourth-order valence-electron chi connectivity index (χ4n) is 1.61. The van der Waals surface area contributed by atoms with Crippen LogP contribution in [0.2, 0.25) is 0 Å². The summed E-state index contributed by atoms with van der Waals surface area (Å²) >= 11 is 0. The van der Waals surface area contributed by atoms with E-state index >= 15 is 0 Å². The number of hydrogen-bond acceptors (Lipinski definition) is 4. The highest BCUT2D eigenvalue weighted by molar-refractivity contribution is 5.35. The lowest BCUT2D eigenvalue weighted by molar-refractivity contribution is -0.387. The van der Waals surface area contributed by atoms with Gasteiger partial charge < -0.3 is 0 Å². The average Bonchev–Trinajstić information content (AvgIpc) is 2.32. The molecule has 0 spiro atoms. The van der Waals surface area contributed by atoms with Gasteiger partial charge in [0, 0.05) is 12.1 Å². The molecule has 19 heavy (non-hydrogen) atoms. The highest BCUT2D eigenvalue weighted by atomic mass is 19.1. The maximum atomic E-state index is 13.4. The molecule has 2 rings (SSSR count). The second kappa shape index (κ2) is 4.97. The molecule has 0 N–H and O–H groups in total. The molecule has 2 aromatic rings. The van der Waals surface area contributed by atoms with E-state index in [0.29, 0.717) is 5.56 Å². The summed E-state index contributed by atoms with van der Waals surface area (Å²) in [7, 11) is 0. The molecule has 6 nitrogen and oxygen atoms in total. The monoisotopic (exact) mass is 263 g/mol. The zero-order valence-corrected chi connectivity index (χ0v) is 10.0. The molecule has 0 atom stereocenters. The molecule has 0 saturated carbocycles. The van der Waals surface area contributed by atoms with E-state index < -0.39 is 16.4 Å². The second-order valence-corrected chi connectivity index (χ2v) is 4.07. The molecule has 1 aromatic carbocycles. The molecule has 0 aliphatic heterocycles. The predicted molar refractivity (Wildman–Crippen MR) is 65.4 cm³/mol. The first kappa shape index (κ1) is 12.9. The fourth-order valence-corrected chi connectivity index (χ4v) is 1.61. The fraction of sp³-hybridized carbons (Fsp3) is 0.167. The van der Waals surface area contributed by atoms with Crippen LogP contribution in [-0.4, -0.2) is 14.7 Å². The summed E-state index contributed by atoms with van der Waals surface area (Å²) in [5.41, 5.74) is 0.268. The highest BCUT2D eigenvalue weighted by Gasteiger charge is 2.14. The molecule has 1 heterocycles. The predicted octanol–water partition coefficient (Wildman–Crippen LogP) is 1.65. The minimum atomic E-state index is -0.928. The SMILES string of the molecule is Cc1cnn(Cc2ccc([N+](=O)[O-])c(F)c2)c(=O)c1. The molecule has 0 fully saturated rings. The summed E-state index contributed by atoms with van der Waals surface area (Å²) in [6.45, 7) is 1.80. The Hall–Kier alpha value is -2.57. The first-order valence-corrected chi connectivity index (χ1v) is 5.44. The van der Waals surface area contributed by atoms with Crippen LogP contribution in [0.25, 0.3) is 0 Å². The zero-order chi connectivity index (χ0) is 14.0. The summed E-state index contributed by atoms with van der Waals surface area (Å²) in [6, 6.07) is 4.92. The van der Waals surface area contributed by atoms with Gasteiger partial charge in [-0.3, -0.25) is 14.9 Å². The van der Waals surface area contributed by atoms with Gasteiger partial charge in [-0.05, 0) is 24.1 Å². The summed E-state index contributed by atoms with van der Waals surface area (Å²) in [5.74, 6) is -0.928. The molecule has 0 aliphatic rings. The topological polar surface area (TPSA) is 78.0 Å². The van der Waals surface area contributed by atoms with Crippen LogP contribution in [0.5, 0.6) is 0 Å². The Bertz CT molecular complexity index is 697. The number of nitro groups is 1. The van der Waals surface area contributed by atoms with Crippen LogP contribution >= 0.6 is 0 Å². The van der Waals surface area contributed by atoms with Crippen LogP contribution in [-0.2, 0) is 6.54 Å². The highest BCUT2D eigenvalue weighted by Crippen LogP contribution is 2.18. The normalized spacial score (nSPS) is 10.4. The smallest absolute Gasteiger partial charge is 0.268 e. The van der Waals surface area contributed by atoms with Crippen LogP contribution < -0.4 is 5.56 Å². The van der Waals surface area contributed by atoms with Gasteiger partial charge in [0.05, 0.1) is 17.7 Å². The van der Waals surface area contributed by atoms with Gasteiger partial charge in [0.25, 0.3) is 5.56 Å². The van der Waals surface area contributed by atoms with Crippen molar-refractivity contribution in [2.75, 3.05) is 0 Å². The number of nitro benzene ring substituents is 1. The van der Waals surface area contributed by atoms with Crippen LogP contribution in [0.4, 0.5) is 10.1 Å². The molecule has 0 radical (unpaired) electrons. The lowest BCUT2D eigenvalue weighted by Gasteiger charge is -2.05. The van der Waals surface area contributed by atoms with Crippen molar-refractivity contribution >= 4 is 5.69 Å². The number of nitrogens with zero attached hydrogens (tertiary/aromatic N) is 3. The van der Waals surface area contributed by atoms with Crippen LogP contribution in [0, 0.1) is 22.9 Å². The first-order valence-electron chi connectivity index (χ1n) is 5.44. The minimum absolute atomic E-state index is 0.0635. The Morgan fingerprint density at radius 2 is 2.16 bits per heavy atom. The van der Waals surface area contributed by atoms with Crippen LogP contribution in [0.3, 0.4) is 0 Å². The Kier molecular flexibility index (Phi) is 3.37. The summed E-state index contributed by atoms with van der Waals surface area (Å²) in [6.07, 6.45) is 1.52. The van der Waals surface area contributed by atoms with Gasteiger partial charge in [-0.25, -0.2) is 4.68 Å². The number of hydrogen-bond donors (Lipinski definition) is 0. The van der Waals surface area contributed by atoms with Crippen molar-refractivity contribution in [1.29, 1.82) is 0 Å². The van der Waals surface area contributed by atoms with E-state index in [2.05, 4.69) is 5.10 Å². The van der Waals surface area contributed by atoms with Gasteiger partial charge in [0.2, 0.25) is 5.82 Å². The quantitative estimate of drug-likeness (QED) is 0.623. The Labute approximate surface area is 107 Å². The van der Waals surface area contributed by atoms with Crippen LogP contribution in [0.1, 0.15) is 11.1 Å². The number of aromatic nitrogens is 2. The second-order valence-electron chi connectivity index (χ2n) is 4.07. The zero-order valence-electron chi connectivity index (χ0n) is 10.0. The molecule has 0 unspecified atom stereocenters. The van der Waals surface area contributed by atoms with Crippen LogP contribution in [0.15, 0.2) is 35.3 Å². The third kappa shape index (κ3) is 2.82. The van der Waals surface area contributed by atoms with Gasteiger partial charge in [-0.15, -0.1) is 0 Å². The van der Waals surface area contributed by atoms with E-state index in [0.717, 1.165) is 22.4 Å². The minimum Gasteiger partial charge on any atom is -0.268 e. The average molecular weight is 263 g/mol. The van der Waals surface area contributed by atoms with E-state index in [1.54, 1.807) is 6.92 Å². The first-order chi connectivity index (χ1) is 8.97. The number of halogens is 1. The van der Waals surface area contributed by atoms with Crippen molar-refractivity contribution in [3.05, 3.63) is 67.9 Å². The van der Waals surface area contributed by atoms with E-state index in [9.17, 15) is 19.3 Å². The van der Waals surface area contributed by atoms with E-state index in [-0.39, 0.29) is 12.1 Å². The molecule has 98 valence electrons. The molecule has 0 saturated heterocycles. The molecular formula is C12H10FN3O3. The standard InChI is InChI=1S/C12H10FN3O3/c1-8-4-12(17)15(14-6-8)7-9-2-3-11(16(18)19)10(13)5-9/h2-6H,7H2,1H3. The largest absolute Gasteiger partial charge is 0.304 e. The molecule has 7 heteroatoms. The summed E-state index contributed by atoms with van der Waals surface area (Å²) in [5, 5.41) is 14.4. The molecule has 1 aromatic heterocycles. The maximum Gasteiger partial charge on any atom is 0.304 e. The number of benzene rings is 1. The van der Waals surface area contributed by atoms with Gasteiger partial charge >= 0.3 is 5.69 Å². The number of aryl methyl sites for hydroxylation is 1. The Balaban J connectivity index is 2.31. The van der Waals surface area contributed by atoms with Crippen molar-refractivity contribution in [2.45, 2.75) is 13.5 Å². The molecule has 0 amide bonds. The van der Waals surface area contributed by atoms with Crippen molar-refractivity contribution in [3.63, 3.8) is 0 Å². The summed E-state index contributed by atoms with van der Waals surface area (Å²) < 4.78 is 14.6. The molecule has 0 aliphatic carbocycles. The van der Waals surface area contributed by atoms with Crippen molar-refractivity contribution in [3.8, 4) is 0 Å². The number of rotatable bonds is 3. The van der Waals surface area contributed by atoms with Crippen molar-refractivity contribution < 1.29 is 9.31 Å².